The minimum absolute atomic E-state index is 0.642. The molecule has 0 spiro atoms. The van der Waals surface area contributed by atoms with E-state index in [9.17, 15) is 0 Å². The molecule has 4 nitrogen and oxygen atoms in total. The predicted octanol–water partition coefficient (Wildman–Crippen LogP) is 2.92. The third-order valence-corrected chi connectivity index (χ3v) is 3.07. The number of halogens is 1. The number of hydrogen-bond donors (Lipinski definition) is 1. The highest BCUT2D eigenvalue weighted by atomic mass is 79.9. The summed E-state index contributed by atoms with van der Waals surface area (Å²) in [5, 5.41) is 9.13. The van der Waals surface area contributed by atoms with Crippen LogP contribution in [-0.2, 0) is 6.54 Å². The van der Waals surface area contributed by atoms with Gasteiger partial charge in [0.15, 0.2) is 0 Å². The SMILES string of the molecule is COc1ccc(Br)cc1NCc1csnn1. The number of hydrogen-bond acceptors (Lipinski definition) is 5. The fourth-order valence-electron chi connectivity index (χ4n) is 1.27. The lowest BCUT2D eigenvalue weighted by Gasteiger charge is -2.10. The van der Waals surface area contributed by atoms with Crippen LogP contribution in [0.4, 0.5) is 5.69 Å². The Morgan fingerprint density at radius 1 is 1.50 bits per heavy atom. The topological polar surface area (TPSA) is 47.0 Å². The fraction of sp³-hybridized carbons (Fsp3) is 0.200. The first-order valence-corrected chi connectivity index (χ1v) is 6.26. The number of rotatable bonds is 4. The van der Waals surface area contributed by atoms with Crippen molar-refractivity contribution in [2.75, 3.05) is 12.4 Å². The van der Waals surface area contributed by atoms with Crippen molar-refractivity contribution >= 4 is 33.1 Å². The van der Waals surface area contributed by atoms with E-state index in [1.807, 2.05) is 23.6 Å². The van der Waals surface area contributed by atoms with Crippen molar-refractivity contribution in [3.05, 3.63) is 33.7 Å². The molecule has 2 aromatic rings. The van der Waals surface area contributed by atoms with Crippen LogP contribution in [0.3, 0.4) is 0 Å². The second-order valence-electron chi connectivity index (χ2n) is 3.09. The number of anilines is 1. The first-order valence-electron chi connectivity index (χ1n) is 4.63. The number of nitrogens with zero attached hydrogens (tertiary/aromatic N) is 2. The van der Waals surface area contributed by atoms with Crippen LogP contribution in [0.15, 0.2) is 28.1 Å². The van der Waals surface area contributed by atoms with E-state index in [2.05, 4.69) is 30.8 Å². The van der Waals surface area contributed by atoms with Crippen LogP contribution >= 0.6 is 27.5 Å². The molecule has 16 heavy (non-hydrogen) atoms. The van der Waals surface area contributed by atoms with Crippen LogP contribution in [0.25, 0.3) is 0 Å². The summed E-state index contributed by atoms with van der Waals surface area (Å²) in [4.78, 5) is 0. The Morgan fingerprint density at radius 3 is 3.06 bits per heavy atom. The van der Waals surface area contributed by atoms with E-state index in [0.29, 0.717) is 6.54 Å². The van der Waals surface area contributed by atoms with Crippen molar-refractivity contribution in [2.45, 2.75) is 6.54 Å². The predicted molar refractivity (Wildman–Crippen MR) is 67.9 cm³/mol. The first kappa shape index (κ1) is 11.3. The van der Waals surface area contributed by atoms with Gasteiger partial charge in [0.25, 0.3) is 0 Å². The smallest absolute Gasteiger partial charge is 0.142 e. The normalized spacial score (nSPS) is 10.1. The standard InChI is InChI=1S/C10H10BrN3OS/c1-15-10-3-2-7(11)4-9(10)12-5-8-6-16-14-13-8/h2-4,6,12H,5H2,1H3. The largest absolute Gasteiger partial charge is 0.495 e. The zero-order valence-corrected chi connectivity index (χ0v) is 11.0. The summed E-state index contributed by atoms with van der Waals surface area (Å²) in [6, 6.07) is 5.82. The third-order valence-electron chi connectivity index (χ3n) is 2.03. The second kappa shape index (κ2) is 5.27. The second-order valence-corrected chi connectivity index (χ2v) is 4.62. The molecule has 2 rings (SSSR count). The van der Waals surface area contributed by atoms with E-state index >= 15 is 0 Å². The van der Waals surface area contributed by atoms with Crippen LogP contribution in [0.1, 0.15) is 5.69 Å². The summed E-state index contributed by atoms with van der Waals surface area (Å²) in [5.74, 6) is 0.811. The van der Waals surface area contributed by atoms with E-state index in [4.69, 9.17) is 4.74 Å². The maximum atomic E-state index is 5.25. The highest BCUT2D eigenvalue weighted by Gasteiger charge is 2.04. The summed E-state index contributed by atoms with van der Waals surface area (Å²) in [7, 11) is 1.65. The Balaban J connectivity index is 2.11. The zero-order chi connectivity index (χ0) is 11.4. The van der Waals surface area contributed by atoms with Gasteiger partial charge in [0.05, 0.1) is 25.0 Å². The van der Waals surface area contributed by atoms with Gasteiger partial charge in [-0.3, -0.25) is 0 Å². The van der Waals surface area contributed by atoms with Gasteiger partial charge < -0.3 is 10.1 Å². The monoisotopic (exact) mass is 299 g/mol. The molecule has 1 aromatic heterocycles. The van der Waals surface area contributed by atoms with Gasteiger partial charge >= 0.3 is 0 Å². The molecule has 1 aromatic carbocycles. The summed E-state index contributed by atoms with van der Waals surface area (Å²) in [6.45, 7) is 0.642. The Labute approximate surface area is 106 Å². The van der Waals surface area contributed by atoms with Gasteiger partial charge in [-0.2, -0.15) is 0 Å². The van der Waals surface area contributed by atoms with Crippen LogP contribution in [0.5, 0.6) is 5.75 Å². The third kappa shape index (κ3) is 2.70. The van der Waals surface area contributed by atoms with Crippen molar-refractivity contribution in [1.29, 1.82) is 0 Å². The molecule has 0 saturated carbocycles. The van der Waals surface area contributed by atoms with Crippen molar-refractivity contribution in [3.8, 4) is 5.75 Å². The Hall–Kier alpha value is -1.14. The van der Waals surface area contributed by atoms with Gasteiger partial charge in [-0.15, -0.1) is 5.10 Å². The molecule has 0 aliphatic rings. The van der Waals surface area contributed by atoms with Crippen LogP contribution in [0, 0.1) is 0 Å². The fourth-order valence-corrected chi connectivity index (χ4v) is 2.08. The van der Waals surface area contributed by atoms with Crippen molar-refractivity contribution in [2.24, 2.45) is 0 Å². The van der Waals surface area contributed by atoms with Gasteiger partial charge in [-0.25, -0.2) is 0 Å². The molecule has 1 N–H and O–H groups in total. The van der Waals surface area contributed by atoms with E-state index in [0.717, 1.165) is 21.6 Å². The molecule has 0 amide bonds. The Kier molecular flexibility index (Phi) is 3.74. The first-order chi connectivity index (χ1) is 7.79. The summed E-state index contributed by atoms with van der Waals surface area (Å²) in [6.07, 6.45) is 0. The molecule has 0 bridgehead atoms. The van der Waals surface area contributed by atoms with Gasteiger partial charge in [0.1, 0.15) is 5.75 Å². The molecular weight excluding hydrogens is 290 g/mol. The van der Waals surface area contributed by atoms with E-state index in [1.165, 1.54) is 11.5 Å². The van der Waals surface area contributed by atoms with Crippen molar-refractivity contribution in [1.82, 2.24) is 9.59 Å². The summed E-state index contributed by atoms with van der Waals surface area (Å²) < 4.78 is 10.1. The Morgan fingerprint density at radius 2 is 2.38 bits per heavy atom. The van der Waals surface area contributed by atoms with Gasteiger partial charge in [0, 0.05) is 9.85 Å². The van der Waals surface area contributed by atoms with Gasteiger partial charge in [0.2, 0.25) is 0 Å². The summed E-state index contributed by atoms with van der Waals surface area (Å²) >= 11 is 4.77. The van der Waals surface area contributed by atoms with E-state index < -0.39 is 0 Å². The number of nitrogens with one attached hydrogen (secondary N) is 1. The minimum Gasteiger partial charge on any atom is -0.495 e. The molecule has 0 unspecified atom stereocenters. The number of methoxy groups -OCH3 is 1. The molecule has 0 radical (unpaired) electrons. The highest BCUT2D eigenvalue weighted by Crippen LogP contribution is 2.28. The molecule has 0 aliphatic heterocycles. The van der Waals surface area contributed by atoms with Gasteiger partial charge in [-0.1, -0.05) is 20.4 Å². The maximum absolute atomic E-state index is 5.25. The highest BCUT2D eigenvalue weighted by molar-refractivity contribution is 9.10. The lowest BCUT2D eigenvalue weighted by Crippen LogP contribution is -2.01. The zero-order valence-electron chi connectivity index (χ0n) is 8.61. The molecule has 0 saturated heterocycles. The molecule has 0 fully saturated rings. The lowest BCUT2D eigenvalue weighted by atomic mass is 10.3. The molecular formula is C10H10BrN3OS. The number of benzene rings is 1. The van der Waals surface area contributed by atoms with Crippen LogP contribution < -0.4 is 10.1 Å². The average molecular weight is 300 g/mol. The summed E-state index contributed by atoms with van der Waals surface area (Å²) in [5.41, 5.74) is 1.86. The van der Waals surface area contributed by atoms with E-state index in [1.54, 1.807) is 7.11 Å². The van der Waals surface area contributed by atoms with Crippen molar-refractivity contribution < 1.29 is 4.74 Å². The lowest BCUT2D eigenvalue weighted by molar-refractivity contribution is 0.416. The van der Waals surface area contributed by atoms with Gasteiger partial charge in [-0.05, 0) is 29.7 Å². The van der Waals surface area contributed by atoms with Crippen LogP contribution in [-0.4, -0.2) is 16.7 Å². The van der Waals surface area contributed by atoms with E-state index in [-0.39, 0.29) is 0 Å². The maximum Gasteiger partial charge on any atom is 0.142 e. The number of aromatic nitrogens is 2. The molecule has 6 heteroatoms. The molecule has 0 aliphatic carbocycles. The van der Waals surface area contributed by atoms with Crippen molar-refractivity contribution in [3.63, 3.8) is 0 Å². The molecule has 84 valence electrons. The molecule has 0 atom stereocenters. The number of ether oxygens (including phenoxy) is 1. The Bertz CT molecular complexity index is 461. The molecule has 1 heterocycles. The quantitative estimate of drug-likeness (QED) is 0.943. The van der Waals surface area contributed by atoms with Crippen LogP contribution in [0.2, 0.25) is 0 Å². The minimum atomic E-state index is 0.642. The average Bonchev–Trinajstić information content (AvgIpc) is 2.79.